The van der Waals surface area contributed by atoms with Gasteiger partial charge in [0.2, 0.25) is 11.9 Å². The van der Waals surface area contributed by atoms with Gasteiger partial charge in [-0.3, -0.25) is 0 Å². The molecule has 5 N–H and O–H groups in total. The van der Waals surface area contributed by atoms with Crippen molar-refractivity contribution in [3.8, 4) is 0 Å². The average molecular weight is 371 g/mol. The van der Waals surface area contributed by atoms with Crippen LogP contribution >= 0.6 is 0 Å². The maximum Gasteiger partial charge on any atom is 0.225 e. The first-order valence-electron chi connectivity index (χ1n) is 10.3. The molecule has 8 heteroatoms. The monoisotopic (exact) mass is 370 g/mol. The molecular formula is C19H30N8. The maximum absolute atomic E-state index is 5.95. The highest BCUT2D eigenvalue weighted by molar-refractivity contribution is 5.94. The molecule has 0 aliphatic heterocycles. The van der Waals surface area contributed by atoms with Crippen molar-refractivity contribution in [3.05, 3.63) is 0 Å². The summed E-state index contributed by atoms with van der Waals surface area (Å²) in [5.74, 6) is 3.84. The van der Waals surface area contributed by atoms with Gasteiger partial charge >= 0.3 is 0 Å². The summed E-state index contributed by atoms with van der Waals surface area (Å²) >= 11 is 0. The summed E-state index contributed by atoms with van der Waals surface area (Å²) in [6.45, 7) is 5.87. The van der Waals surface area contributed by atoms with Crippen molar-refractivity contribution >= 4 is 34.6 Å². The third-order valence-electron chi connectivity index (χ3n) is 5.20. The number of rotatable bonds is 10. The quantitative estimate of drug-likeness (QED) is 0.504. The lowest BCUT2D eigenvalue weighted by molar-refractivity contribution is 0.563. The first kappa shape index (κ1) is 18.0. The van der Waals surface area contributed by atoms with E-state index in [1.807, 2.05) is 0 Å². The summed E-state index contributed by atoms with van der Waals surface area (Å²) in [5.41, 5.74) is 7.34. The van der Waals surface area contributed by atoms with E-state index in [0.29, 0.717) is 23.3 Å². The molecule has 0 radical (unpaired) electrons. The van der Waals surface area contributed by atoms with Gasteiger partial charge in [0.05, 0.1) is 0 Å². The Bertz CT molecular complexity index is 788. The third kappa shape index (κ3) is 4.14. The van der Waals surface area contributed by atoms with Crippen LogP contribution in [0.1, 0.15) is 52.4 Å². The number of anilines is 4. The molecule has 0 amide bonds. The van der Waals surface area contributed by atoms with Crippen molar-refractivity contribution in [2.24, 2.45) is 11.8 Å². The van der Waals surface area contributed by atoms with Crippen molar-refractivity contribution in [2.75, 3.05) is 34.8 Å². The standard InChI is InChI=1S/C19H30N8/c1-3-9-21-16-15-14(23-18(20)26-16)17(22-10-4-2)27-19(25-15)24-13(11-5-6-11)12-7-8-12/h11-13H,3-10H2,1-2H3,(H3,20,21,23,26)(H2,22,24,25,27). The zero-order chi connectivity index (χ0) is 18.8. The minimum absolute atomic E-state index is 0.235. The van der Waals surface area contributed by atoms with Crippen molar-refractivity contribution in [3.63, 3.8) is 0 Å². The fourth-order valence-corrected chi connectivity index (χ4v) is 3.51. The van der Waals surface area contributed by atoms with Gasteiger partial charge in [0.15, 0.2) is 11.6 Å². The Kier molecular flexibility index (Phi) is 5.13. The molecule has 2 saturated carbocycles. The summed E-state index contributed by atoms with van der Waals surface area (Å²) in [5, 5.41) is 10.4. The van der Waals surface area contributed by atoms with E-state index in [2.05, 4.69) is 39.8 Å². The Morgan fingerprint density at radius 1 is 0.852 bits per heavy atom. The largest absolute Gasteiger partial charge is 0.368 e. The van der Waals surface area contributed by atoms with E-state index in [1.54, 1.807) is 0 Å². The number of nitrogen functional groups attached to an aromatic ring is 1. The Balaban J connectivity index is 1.72. The summed E-state index contributed by atoms with van der Waals surface area (Å²) in [7, 11) is 0. The van der Waals surface area contributed by atoms with Gasteiger partial charge < -0.3 is 21.7 Å². The second kappa shape index (κ2) is 7.70. The van der Waals surface area contributed by atoms with Crippen LogP contribution in [0.5, 0.6) is 0 Å². The normalized spacial score (nSPS) is 16.7. The zero-order valence-corrected chi connectivity index (χ0v) is 16.3. The van der Waals surface area contributed by atoms with Gasteiger partial charge in [-0.15, -0.1) is 0 Å². The predicted octanol–water partition coefficient (Wildman–Crippen LogP) is 3.25. The molecule has 0 unspecified atom stereocenters. The van der Waals surface area contributed by atoms with E-state index in [0.717, 1.165) is 49.1 Å². The molecule has 0 atom stereocenters. The van der Waals surface area contributed by atoms with Gasteiger partial charge in [0.1, 0.15) is 11.0 Å². The Morgan fingerprint density at radius 2 is 1.41 bits per heavy atom. The summed E-state index contributed by atoms with van der Waals surface area (Å²) < 4.78 is 0. The lowest BCUT2D eigenvalue weighted by Crippen LogP contribution is -2.26. The van der Waals surface area contributed by atoms with E-state index in [-0.39, 0.29) is 5.95 Å². The first-order chi connectivity index (χ1) is 13.2. The van der Waals surface area contributed by atoms with E-state index < -0.39 is 0 Å². The molecule has 0 spiro atoms. The van der Waals surface area contributed by atoms with Crippen LogP contribution in [0, 0.1) is 11.8 Å². The number of hydrogen-bond donors (Lipinski definition) is 4. The molecule has 2 aliphatic rings. The third-order valence-corrected chi connectivity index (χ3v) is 5.20. The second-order valence-electron chi connectivity index (χ2n) is 7.72. The summed E-state index contributed by atoms with van der Waals surface area (Å²) in [6, 6.07) is 0.489. The molecule has 2 aromatic heterocycles. The lowest BCUT2D eigenvalue weighted by Gasteiger charge is -2.19. The molecule has 27 heavy (non-hydrogen) atoms. The number of hydrogen-bond acceptors (Lipinski definition) is 8. The Hall–Kier alpha value is -2.38. The van der Waals surface area contributed by atoms with Crippen LogP contribution < -0.4 is 21.7 Å². The molecule has 0 aromatic carbocycles. The highest BCUT2D eigenvalue weighted by atomic mass is 15.2. The van der Waals surface area contributed by atoms with Crippen LogP contribution in [0.3, 0.4) is 0 Å². The molecule has 2 fully saturated rings. The fraction of sp³-hybridized carbons (Fsp3) is 0.684. The van der Waals surface area contributed by atoms with E-state index >= 15 is 0 Å². The average Bonchev–Trinajstić information content (AvgIpc) is 3.55. The minimum atomic E-state index is 0.235. The van der Waals surface area contributed by atoms with Crippen LogP contribution in [-0.2, 0) is 0 Å². The van der Waals surface area contributed by atoms with Gasteiger partial charge in [-0.1, -0.05) is 13.8 Å². The molecule has 2 aliphatic carbocycles. The molecule has 2 heterocycles. The van der Waals surface area contributed by atoms with Gasteiger partial charge in [-0.2, -0.15) is 9.97 Å². The molecule has 146 valence electrons. The zero-order valence-electron chi connectivity index (χ0n) is 16.3. The Morgan fingerprint density at radius 3 is 1.96 bits per heavy atom. The van der Waals surface area contributed by atoms with Crippen LogP contribution in [0.25, 0.3) is 11.0 Å². The molecule has 2 aromatic rings. The predicted molar refractivity (Wildman–Crippen MR) is 110 cm³/mol. The maximum atomic E-state index is 5.95. The van der Waals surface area contributed by atoms with Crippen molar-refractivity contribution in [1.82, 2.24) is 19.9 Å². The Labute approximate surface area is 160 Å². The second-order valence-corrected chi connectivity index (χ2v) is 7.72. The molecule has 8 nitrogen and oxygen atoms in total. The lowest BCUT2D eigenvalue weighted by atomic mass is 10.1. The van der Waals surface area contributed by atoms with Crippen LogP contribution in [0.4, 0.5) is 23.5 Å². The van der Waals surface area contributed by atoms with Gasteiger partial charge in [0.25, 0.3) is 0 Å². The van der Waals surface area contributed by atoms with Crippen molar-refractivity contribution in [1.29, 1.82) is 0 Å². The van der Waals surface area contributed by atoms with Crippen molar-refractivity contribution in [2.45, 2.75) is 58.4 Å². The van der Waals surface area contributed by atoms with Gasteiger partial charge in [0, 0.05) is 19.1 Å². The van der Waals surface area contributed by atoms with Gasteiger partial charge in [-0.05, 0) is 50.4 Å². The summed E-state index contributed by atoms with van der Waals surface area (Å²) in [6.07, 6.45) is 7.24. The van der Waals surface area contributed by atoms with E-state index in [9.17, 15) is 0 Å². The van der Waals surface area contributed by atoms with Gasteiger partial charge in [-0.25, -0.2) is 9.97 Å². The molecule has 0 bridgehead atoms. The van der Waals surface area contributed by atoms with E-state index in [4.69, 9.17) is 15.7 Å². The smallest absolute Gasteiger partial charge is 0.225 e. The fourth-order valence-electron chi connectivity index (χ4n) is 3.51. The number of nitrogens with one attached hydrogen (secondary N) is 3. The van der Waals surface area contributed by atoms with Crippen LogP contribution in [-0.4, -0.2) is 39.1 Å². The molecular weight excluding hydrogens is 340 g/mol. The number of aromatic nitrogens is 4. The van der Waals surface area contributed by atoms with E-state index in [1.165, 1.54) is 25.7 Å². The highest BCUT2D eigenvalue weighted by Gasteiger charge is 2.41. The highest BCUT2D eigenvalue weighted by Crippen LogP contribution is 2.45. The number of nitrogens with zero attached hydrogens (tertiary/aromatic N) is 4. The number of fused-ring (bicyclic) bond motifs is 1. The first-order valence-corrected chi connectivity index (χ1v) is 10.3. The number of nitrogens with two attached hydrogens (primary N) is 1. The summed E-state index contributed by atoms with van der Waals surface area (Å²) in [4.78, 5) is 18.4. The van der Waals surface area contributed by atoms with Crippen LogP contribution in [0.2, 0.25) is 0 Å². The van der Waals surface area contributed by atoms with Crippen LogP contribution in [0.15, 0.2) is 0 Å². The minimum Gasteiger partial charge on any atom is -0.368 e. The SMILES string of the molecule is CCCNc1nc(NC(C2CC2)C2CC2)nc2c(NCCC)nc(N)nc12. The molecule has 0 saturated heterocycles. The van der Waals surface area contributed by atoms with Crippen molar-refractivity contribution < 1.29 is 0 Å². The molecule has 4 rings (SSSR count). The topological polar surface area (TPSA) is 114 Å².